The molecule has 1 amide bonds. The normalized spacial score (nSPS) is 18.3. The smallest absolute Gasteiger partial charge is 0.243 e. The van der Waals surface area contributed by atoms with E-state index in [1.54, 1.807) is 42.5 Å². The van der Waals surface area contributed by atoms with Gasteiger partial charge < -0.3 is 16.4 Å². The predicted molar refractivity (Wildman–Crippen MR) is 152 cm³/mol. The molecule has 5 rings (SSSR count). The number of guanidine groups is 1. The van der Waals surface area contributed by atoms with Crippen molar-refractivity contribution in [3.8, 4) is 0 Å². The van der Waals surface area contributed by atoms with Crippen LogP contribution in [-0.2, 0) is 14.8 Å². The third-order valence-electron chi connectivity index (χ3n) is 6.43. The summed E-state index contributed by atoms with van der Waals surface area (Å²) in [5.41, 5.74) is 8.42. The summed E-state index contributed by atoms with van der Waals surface area (Å²) in [6.45, 7) is 1.14. The fourth-order valence-corrected chi connectivity index (χ4v) is 6.04. The van der Waals surface area contributed by atoms with Gasteiger partial charge in [0.25, 0.3) is 0 Å². The molecule has 1 atom stereocenters. The average molecular weight is 586 g/mol. The molecule has 0 saturated heterocycles. The maximum Gasteiger partial charge on any atom is 0.243 e. The molecule has 0 aromatic heterocycles. The molecule has 0 spiro atoms. The minimum absolute atomic E-state index is 0. The van der Waals surface area contributed by atoms with Crippen LogP contribution in [0.5, 0.6) is 0 Å². The van der Waals surface area contributed by atoms with E-state index in [9.17, 15) is 22.0 Å². The fourth-order valence-electron chi connectivity index (χ4n) is 4.65. The zero-order chi connectivity index (χ0) is 27.7. The van der Waals surface area contributed by atoms with Crippen molar-refractivity contribution in [2.45, 2.75) is 17.9 Å². The van der Waals surface area contributed by atoms with Crippen LogP contribution in [0, 0.1) is 11.6 Å². The first-order valence-electron chi connectivity index (χ1n) is 12.0. The van der Waals surface area contributed by atoms with Crippen LogP contribution in [-0.4, -0.2) is 37.7 Å². The summed E-state index contributed by atoms with van der Waals surface area (Å²) in [7, 11) is -4.07. The molecule has 0 saturated carbocycles. The second kappa shape index (κ2) is 11.6. The van der Waals surface area contributed by atoms with Crippen molar-refractivity contribution in [3.05, 3.63) is 112 Å². The largest absolute Gasteiger partial charge is 0.370 e. The third kappa shape index (κ3) is 5.76. The van der Waals surface area contributed by atoms with Gasteiger partial charge in [-0.15, -0.1) is 12.4 Å². The second-order valence-electron chi connectivity index (χ2n) is 9.13. The van der Waals surface area contributed by atoms with Gasteiger partial charge in [0.15, 0.2) is 5.96 Å². The molecule has 4 N–H and O–H groups in total. The quantitative estimate of drug-likeness (QED) is 0.412. The molecule has 0 bridgehead atoms. The van der Waals surface area contributed by atoms with Crippen LogP contribution in [0.4, 0.5) is 14.5 Å². The first-order chi connectivity index (χ1) is 18.6. The van der Waals surface area contributed by atoms with Crippen LogP contribution in [0.25, 0.3) is 6.08 Å². The van der Waals surface area contributed by atoms with Crippen molar-refractivity contribution in [2.75, 3.05) is 18.4 Å². The van der Waals surface area contributed by atoms with Crippen LogP contribution < -0.4 is 16.4 Å². The van der Waals surface area contributed by atoms with E-state index in [0.717, 1.165) is 0 Å². The van der Waals surface area contributed by atoms with Crippen molar-refractivity contribution in [3.63, 3.8) is 0 Å². The molecule has 0 radical (unpaired) electrons. The molecule has 208 valence electrons. The predicted octanol–water partition coefficient (Wildman–Crippen LogP) is 4.35. The number of nitrogens with two attached hydrogens (primary N) is 1. The van der Waals surface area contributed by atoms with Gasteiger partial charge in [-0.25, -0.2) is 22.2 Å². The number of nitrogens with one attached hydrogen (secondary N) is 2. The van der Waals surface area contributed by atoms with Gasteiger partial charge in [-0.3, -0.25) is 4.79 Å². The third-order valence-corrected chi connectivity index (χ3v) is 8.24. The maximum atomic E-state index is 14.9. The highest BCUT2D eigenvalue weighted by molar-refractivity contribution is 7.89. The van der Waals surface area contributed by atoms with Crippen LogP contribution >= 0.6 is 12.4 Å². The highest BCUT2D eigenvalue weighted by atomic mass is 35.5. The molecule has 0 fully saturated rings. The molecular weight excluding hydrogens is 560 g/mol. The molecule has 8 nitrogen and oxygen atoms in total. The topological polar surface area (TPSA) is 117 Å². The van der Waals surface area contributed by atoms with E-state index < -0.39 is 27.7 Å². The molecule has 3 aromatic rings. The highest BCUT2D eigenvalue weighted by Gasteiger charge is 2.38. The van der Waals surface area contributed by atoms with Gasteiger partial charge in [-0.05, 0) is 53.6 Å². The minimum atomic E-state index is -4.07. The van der Waals surface area contributed by atoms with Gasteiger partial charge in [0, 0.05) is 42.5 Å². The Kier molecular flexibility index (Phi) is 8.38. The number of benzene rings is 3. The Balaban J connectivity index is 0.00000370. The van der Waals surface area contributed by atoms with Gasteiger partial charge in [0.05, 0.1) is 4.90 Å². The first kappa shape index (κ1) is 28.9. The Morgan fingerprint density at radius 1 is 1.02 bits per heavy atom. The van der Waals surface area contributed by atoms with Crippen LogP contribution in [0.3, 0.4) is 0 Å². The monoisotopic (exact) mass is 585 g/mol. The standard InChI is InChI=1S/C28H25F2N5O3S.ClH/c1-17(36)32-20-10-12-21(13-11-20)39(37,38)35-15-19(14-18-6-2-4-8-24(18)29)26-23(16-35)27(34-28(31)33-26)22-7-3-5-9-25(22)30;/h2-14,27H,15-16H2,1H3,(H,32,36)(H3,31,33,34);1H/b19-14+;. The van der Waals surface area contributed by atoms with Gasteiger partial charge in [0.2, 0.25) is 15.9 Å². The Morgan fingerprint density at radius 3 is 2.33 bits per heavy atom. The van der Waals surface area contributed by atoms with Crippen molar-refractivity contribution in [1.82, 2.24) is 9.62 Å². The molecule has 12 heteroatoms. The Bertz CT molecular complexity index is 1660. The molecule has 0 aliphatic carbocycles. The SMILES string of the molecule is CC(=O)Nc1ccc(S(=O)(=O)N2CC3=C(NC(N)=NC3c3ccccc3F)/C(=C/c3ccccc3F)C2)cc1.Cl. The Labute approximate surface area is 236 Å². The summed E-state index contributed by atoms with van der Waals surface area (Å²) in [6, 6.07) is 17.1. The summed E-state index contributed by atoms with van der Waals surface area (Å²) < 4.78 is 58.3. The van der Waals surface area contributed by atoms with Crippen LogP contribution in [0.15, 0.2) is 99.5 Å². The van der Waals surface area contributed by atoms with Gasteiger partial charge in [0.1, 0.15) is 17.7 Å². The zero-order valence-electron chi connectivity index (χ0n) is 21.3. The summed E-state index contributed by atoms with van der Waals surface area (Å²) in [5.74, 6) is -1.25. The van der Waals surface area contributed by atoms with Gasteiger partial charge in [-0.2, -0.15) is 4.31 Å². The van der Waals surface area contributed by atoms with Crippen molar-refractivity contribution < 1.29 is 22.0 Å². The van der Waals surface area contributed by atoms with E-state index >= 15 is 0 Å². The highest BCUT2D eigenvalue weighted by Crippen LogP contribution is 2.39. The molecule has 40 heavy (non-hydrogen) atoms. The fraction of sp³-hybridized carbons (Fsp3) is 0.143. The number of halogens is 3. The number of sulfonamides is 1. The number of hydrogen-bond donors (Lipinski definition) is 3. The van der Waals surface area contributed by atoms with Crippen molar-refractivity contribution in [2.24, 2.45) is 10.7 Å². The second-order valence-corrected chi connectivity index (χ2v) is 11.1. The Morgan fingerprint density at radius 2 is 1.68 bits per heavy atom. The van der Waals surface area contributed by atoms with Gasteiger partial charge >= 0.3 is 0 Å². The summed E-state index contributed by atoms with van der Waals surface area (Å²) >= 11 is 0. The number of amides is 1. The Hall–Kier alpha value is -4.06. The van der Waals surface area contributed by atoms with E-state index in [2.05, 4.69) is 15.6 Å². The van der Waals surface area contributed by atoms with Gasteiger partial charge in [-0.1, -0.05) is 36.4 Å². The van der Waals surface area contributed by atoms with E-state index in [0.29, 0.717) is 22.5 Å². The molecule has 3 aromatic carbocycles. The average Bonchev–Trinajstić information content (AvgIpc) is 2.90. The first-order valence-corrected chi connectivity index (χ1v) is 13.5. The number of nitrogens with zero attached hydrogens (tertiary/aromatic N) is 2. The molecule has 2 aliphatic heterocycles. The summed E-state index contributed by atoms with van der Waals surface area (Å²) in [5, 5.41) is 5.60. The summed E-state index contributed by atoms with van der Waals surface area (Å²) in [4.78, 5) is 15.8. The van der Waals surface area contributed by atoms with Crippen molar-refractivity contribution in [1.29, 1.82) is 0 Å². The number of carbonyl (C=O) groups is 1. The van der Waals surface area contributed by atoms with E-state index in [-0.39, 0.29) is 53.4 Å². The minimum Gasteiger partial charge on any atom is -0.370 e. The lowest BCUT2D eigenvalue weighted by atomic mass is 9.90. The number of carbonyl (C=O) groups excluding carboxylic acids is 1. The molecular formula is C28H26ClF2N5O3S. The lowest BCUT2D eigenvalue weighted by Crippen LogP contribution is -2.46. The molecule has 1 unspecified atom stereocenters. The summed E-state index contributed by atoms with van der Waals surface area (Å²) in [6.07, 6.45) is 1.55. The van der Waals surface area contributed by atoms with E-state index in [4.69, 9.17) is 5.73 Å². The lowest BCUT2D eigenvalue weighted by molar-refractivity contribution is -0.114. The van der Waals surface area contributed by atoms with E-state index in [1.807, 2.05) is 0 Å². The number of hydrogen-bond acceptors (Lipinski definition) is 6. The van der Waals surface area contributed by atoms with E-state index in [1.165, 1.54) is 47.6 Å². The van der Waals surface area contributed by atoms with Crippen molar-refractivity contribution >= 4 is 46.1 Å². The van der Waals surface area contributed by atoms with Crippen LogP contribution in [0.2, 0.25) is 0 Å². The number of anilines is 1. The number of aliphatic imine (C=N–C) groups is 1. The maximum absolute atomic E-state index is 14.9. The zero-order valence-corrected chi connectivity index (χ0v) is 22.9. The molecule has 2 aliphatic rings. The number of rotatable bonds is 5. The van der Waals surface area contributed by atoms with Crippen LogP contribution in [0.1, 0.15) is 24.1 Å². The molecule has 2 heterocycles. The lowest BCUT2D eigenvalue weighted by Gasteiger charge is -2.37.